The van der Waals surface area contributed by atoms with Gasteiger partial charge in [0.2, 0.25) is 0 Å². The molecule has 0 aliphatic heterocycles. The van der Waals surface area contributed by atoms with Crippen LogP contribution in [0.5, 0.6) is 11.5 Å². The van der Waals surface area contributed by atoms with Crippen LogP contribution in [0.3, 0.4) is 0 Å². The third kappa shape index (κ3) is 3.05. The smallest absolute Gasteiger partial charge is 0.163 e. The maximum absolute atomic E-state index is 5.28. The molecule has 0 heterocycles. The quantitative estimate of drug-likeness (QED) is 0.567. The number of isothiocyanates is 1. The van der Waals surface area contributed by atoms with E-state index in [1.807, 2.05) is 18.2 Å². The molecule has 0 amide bonds. The molecule has 15 heavy (non-hydrogen) atoms. The molecule has 1 aromatic rings. The van der Waals surface area contributed by atoms with E-state index in [1.54, 1.807) is 14.2 Å². The van der Waals surface area contributed by atoms with Gasteiger partial charge in [-0.15, -0.1) is 0 Å². The molecule has 0 N–H and O–H groups in total. The fraction of sp³-hybridized carbons (Fsp3) is 0.364. The largest absolute Gasteiger partial charge is 0.493 e. The lowest BCUT2D eigenvalue weighted by atomic mass is 10.1. The summed E-state index contributed by atoms with van der Waals surface area (Å²) < 4.78 is 10.5. The summed E-state index contributed by atoms with van der Waals surface area (Å²) in [6, 6.07) is 5.78. The number of nitrogens with zero attached hydrogens (tertiary/aromatic N) is 1. The van der Waals surface area contributed by atoms with Gasteiger partial charge in [-0.1, -0.05) is 12.1 Å². The number of thiocarbonyl (C=S) groups is 1. The van der Waals surface area contributed by atoms with Crippen LogP contribution in [0.15, 0.2) is 23.2 Å². The van der Waals surface area contributed by atoms with Crippen molar-refractivity contribution in [3.05, 3.63) is 23.8 Å². The normalized spacial score (nSPS) is 9.20. The molecule has 0 spiro atoms. The Morgan fingerprint density at radius 1 is 1.33 bits per heavy atom. The summed E-state index contributed by atoms with van der Waals surface area (Å²) in [4.78, 5) is 3.87. The number of hydrogen-bond acceptors (Lipinski definition) is 4. The van der Waals surface area contributed by atoms with Crippen molar-refractivity contribution < 1.29 is 9.47 Å². The van der Waals surface area contributed by atoms with E-state index < -0.39 is 0 Å². The van der Waals surface area contributed by atoms with Crippen LogP contribution in [-0.4, -0.2) is 25.9 Å². The summed E-state index contributed by atoms with van der Waals surface area (Å²) in [7, 11) is 3.25. The lowest BCUT2D eigenvalue weighted by Gasteiger charge is -2.11. The number of hydrogen-bond donors (Lipinski definition) is 0. The van der Waals surface area contributed by atoms with Gasteiger partial charge in [-0.25, -0.2) is 4.99 Å². The molecule has 0 aromatic heterocycles. The SMILES string of the molecule is COc1cccc(CCN=C=S)c1OC. The topological polar surface area (TPSA) is 30.8 Å². The first-order valence-corrected chi connectivity index (χ1v) is 4.97. The van der Waals surface area contributed by atoms with Crippen LogP contribution in [0.4, 0.5) is 0 Å². The Morgan fingerprint density at radius 2 is 2.13 bits per heavy atom. The predicted molar refractivity (Wildman–Crippen MR) is 63.1 cm³/mol. The van der Waals surface area contributed by atoms with Crippen LogP contribution in [0, 0.1) is 0 Å². The molecule has 4 heteroatoms. The third-order valence-corrected chi connectivity index (χ3v) is 2.17. The maximum atomic E-state index is 5.28. The van der Waals surface area contributed by atoms with Crippen LogP contribution >= 0.6 is 12.2 Å². The number of aliphatic imine (C=N–C) groups is 1. The molecule has 3 nitrogen and oxygen atoms in total. The zero-order chi connectivity index (χ0) is 11.1. The maximum Gasteiger partial charge on any atom is 0.163 e. The van der Waals surface area contributed by atoms with Crippen molar-refractivity contribution in [3.8, 4) is 11.5 Å². The highest BCUT2D eigenvalue weighted by Gasteiger charge is 2.08. The van der Waals surface area contributed by atoms with E-state index in [9.17, 15) is 0 Å². The number of rotatable bonds is 5. The van der Waals surface area contributed by atoms with E-state index >= 15 is 0 Å². The van der Waals surface area contributed by atoms with Gasteiger partial charge in [0.1, 0.15) is 0 Å². The van der Waals surface area contributed by atoms with Crippen molar-refractivity contribution in [3.63, 3.8) is 0 Å². The minimum Gasteiger partial charge on any atom is -0.493 e. The van der Waals surface area contributed by atoms with Gasteiger partial charge in [-0.05, 0) is 30.3 Å². The first-order valence-electron chi connectivity index (χ1n) is 4.57. The molecule has 0 saturated heterocycles. The van der Waals surface area contributed by atoms with E-state index in [1.165, 1.54) is 0 Å². The summed E-state index contributed by atoms with van der Waals surface area (Å²) >= 11 is 4.50. The van der Waals surface area contributed by atoms with E-state index in [2.05, 4.69) is 22.4 Å². The summed E-state index contributed by atoms with van der Waals surface area (Å²) in [6.45, 7) is 0.618. The van der Waals surface area contributed by atoms with Crippen LogP contribution in [0.1, 0.15) is 5.56 Å². The summed E-state index contributed by atoms with van der Waals surface area (Å²) in [6.07, 6.45) is 0.768. The summed E-state index contributed by atoms with van der Waals surface area (Å²) in [5.41, 5.74) is 1.06. The van der Waals surface area contributed by atoms with E-state index in [4.69, 9.17) is 9.47 Å². The average molecular weight is 223 g/mol. The van der Waals surface area contributed by atoms with Crippen molar-refractivity contribution in [2.24, 2.45) is 4.99 Å². The van der Waals surface area contributed by atoms with Crippen molar-refractivity contribution in [2.75, 3.05) is 20.8 Å². The fourth-order valence-electron chi connectivity index (χ4n) is 1.37. The van der Waals surface area contributed by atoms with Gasteiger partial charge >= 0.3 is 0 Å². The van der Waals surface area contributed by atoms with Gasteiger partial charge in [-0.2, -0.15) is 0 Å². The second kappa shape index (κ2) is 6.17. The monoisotopic (exact) mass is 223 g/mol. The highest BCUT2D eigenvalue weighted by Crippen LogP contribution is 2.30. The van der Waals surface area contributed by atoms with E-state index in [0.717, 1.165) is 23.5 Å². The molecule has 0 aliphatic rings. The molecule has 1 aromatic carbocycles. The van der Waals surface area contributed by atoms with Gasteiger partial charge in [-0.3, -0.25) is 0 Å². The molecule has 0 aliphatic carbocycles. The Morgan fingerprint density at radius 3 is 2.73 bits per heavy atom. The van der Waals surface area contributed by atoms with Gasteiger partial charge in [0.15, 0.2) is 11.5 Å². The Hall–Kier alpha value is -1.38. The highest BCUT2D eigenvalue weighted by atomic mass is 32.1. The minimum atomic E-state index is 0.618. The molecule has 0 bridgehead atoms. The van der Waals surface area contributed by atoms with E-state index in [-0.39, 0.29) is 0 Å². The number of ether oxygens (including phenoxy) is 2. The first kappa shape index (κ1) is 11.7. The molecular formula is C11H13NO2S. The molecular weight excluding hydrogens is 210 g/mol. The van der Waals surface area contributed by atoms with Crippen LogP contribution in [0.2, 0.25) is 0 Å². The molecule has 0 fully saturated rings. The lowest BCUT2D eigenvalue weighted by Crippen LogP contribution is -1.97. The zero-order valence-electron chi connectivity index (χ0n) is 8.82. The van der Waals surface area contributed by atoms with Crippen LogP contribution < -0.4 is 9.47 Å². The zero-order valence-corrected chi connectivity index (χ0v) is 9.63. The number of para-hydroxylation sites is 1. The van der Waals surface area contributed by atoms with Gasteiger partial charge in [0.05, 0.1) is 25.9 Å². The van der Waals surface area contributed by atoms with E-state index in [0.29, 0.717) is 6.54 Å². The van der Waals surface area contributed by atoms with Crippen molar-refractivity contribution in [1.29, 1.82) is 0 Å². The summed E-state index contributed by atoms with van der Waals surface area (Å²) in [5, 5.41) is 2.34. The van der Waals surface area contributed by atoms with Crippen molar-refractivity contribution in [2.45, 2.75) is 6.42 Å². The number of benzene rings is 1. The third-order valence-electron chi connectivity index (χ3n) is 2.04. The van der Waals surface area contributed by atoms with Gasteiger partial charge in [0, 0.05) is 0 Å². The summed E-state index contributed by atoms with van der Waals surface area (Å²) in [5.74, 6) is 1.50. The second-order valence-corrected chi connectivity index (χ2v) is 3.06. The highest BCUT2D eigenvalue weighted by molar-refractivity contribution is 7.78. The molecule has 0 radical (unpaired) electrons. The van der Waals surface area contributed by atoms with Crippen LogP contribution in [0.25, 0.3) is 0 Å². The average Bonchev–Trinajstić information content (AvgIpc) is 2.29. The van der Waals surface area contributed by atoms with Crippen molar-refractivity contribution in [1.82, 2.24) is 0 Å². The Balaban J connectivity index is 2.90. The van der Waals surface area contributed by atoms with Gasteiger partial charge in [0.25, 0.3) is 0 Å². The standard InChI is InChI=1S/C11H13NO2S/c1-13-10-5-3-4-9(11(10)14-2)6-7-12-8-15/h3-5H,6-7H2,1-2H3. The minimum absolute atomic E-state index is 0.618. The molecule has 0 saturated carbocycles. The molecule has 1 rings (SSSR count). The molecule has 0 unspecified atom stereocenters. The molecule has 0 atom stereocenters. The van der Waals surface area contributed by atoms with Crippen LogP contribution in [-0.2, 0) is 6.42 Å². The Kier molecular flexibility index (Phi) is 4.81. The molecule has 80 valence electrons. The number of methoxy groups -OCH3 is 2. The Bertz CT molecular complexity index is 373. The first-order chi connectivity index (χ1) is 7.33. The van der Waals surface area contributed by atoms with Crippen molar-refractivity contribution >= 4 is 17.4 Å². The fourth-order valence-corrected chi connectivity index (χ4v) is 1.46. The lowest BCUT2D eigenvalue weighted by molar-refractivity contribution is 0.352. The van der Waals surface area contributed by atoms with Gasteiger partial charge < -0.3 is 9.47 Å². The Labute approximate surface area is 94.7 Å². The second-order valence-electron chi connectivity index (χ2n) is 2.88. The predicted octanol–water partition coefficient (Wildman–Crippen LogP) is 2.35.